The van der Waals surface area contributed by atoms with Gasteiger partial charge in [0.2, 0.25) is 0 Å². The summed E-state index contributed by atoms with van der Waals surface area (Å²) in [6.07, 6.45) is 0.716. The molecular weight excluding hydrogens is 407 g/mol. The van der Waals surface area contributed by atoms with Gasteiger partial charge in [0.15, 0.2) is 0 Å². The molecule has 2 aliphatic rings. The van der Waals surface area contributed by atoms with E-state index >= 15 is 0 Å². The molecule has 0 aliphatic carbocycles. The molecule has 0 spiro atoms. The van der Waals surface area contributed by atoms with Gasteiger partial charge in [0.1, 0.15) is 17.5 Å². The van der Waals surface area contributed by atoms with Gasteiger partial charge in [-0.25, -0.2) is 4.98 Å². The van der Waals surface area contributed by atoms with Crippen LogP contribution in [0.3, 0.4) is 0 Å². The van der Waals surface area contributed by atoms with E-state index in [1.54, 1.807) is 18.2 Å². The van der Waals surface area contributed by atoms with Gasteiger partial charge in [0.25, 0.3) is 5.91 Å². The average Bonchev–Trinajstić information content (AvgIpc) is 3.27. The van der Waals surface area contributed by atoms with Crippen LogP contribution in [0.25, 0.3) is 10.9 Å². The van der Waals surface area contributed by atoms with Gasteiger partial charge in [-0.05, 0) is 69.5 Å². The van der Waals surface area contributed by atoms with Crippen LogP contribution < -0.4 is 4.74 Å². The fraction of sp³-hybridized carbons (Fsp3) is 0.565. The lowest BCUT2D eigenvalue weighted by Gasteiger charge is -2.26. The SMILES string of the molecule is O=C(c1ccc2cc(OCCCN3CCCCC3)ccc2n1)N1CCCC1C(F)(F)F. The van der Waals surface area contributed by atoms with Crippen molar-refractivity contribution in [2.45, 2.75) is 50.7 Å². The van der Waals surface area contributed by atoms with Crippen LogP contribution in [0.15, 0.2) is 30.3 Å². The number of ether oxygens (including phenoxy) is 1. The van der Waals surface area contributed by atoms with Crippen LogP contribution in [-0.2, 0) is 0 Å². The van der Waals surface area contributed by atoms with Crippen molar-refractivity contribution in [2.75, 3.05) is 32.8 Å². The van der Waals surface area contributed by atoms with Crippen LogP contribution >= 0.6 is 0 Å². The first-order valence-electron chi connectivity index (χ1n) is 11.1. The predicted molar refractivity (Wildman–Crippen MR) is 112 cm³/mol. The minimum absolute atomic E-state index is 0.0406. The normalized spacial score (nSPS) is 20.4. The van der Waals surface area contributed by atoms with Crippen LogP contribution in [-0.4, -0.2) is 65.7 Å². The summed E-state index contributed by atoms with van der Waals surface area (Å²) in [5.74, 6) is 0.0588. The van der Waals surface area contributed by atoms with Crippen molar-refractivity contribution in [2.24, 2.45) is 0 Å². The highest BCUT2D eigenvalue weighted by atomic mass is 19.4. The highest BCUT2D eigenvalue weighted by Gasteiger charge is 2.48. The third-order valence-corrected chi connectivity index (χ3v) is 6.11. The molecule has 1 atom stereocenters. The molecule has 1 aromatic carbocycles. The zero-order valence-electron chi connectivity index (χ0n) is 17.5. The number of benzene rings is 1. The molecule has 0 N–H and O–H groups in total. The Labute approximate surface area is 180 Å². The van der Waals surface area contributed by atoms with Gasteiger partial charge in [0, 0.05) is 18.5 Å². The molecule has 3 heterocycles. The van der Waals surface area contributed by atoms with Crippen molar-refractivity contribution in [3.63, 3.8) is 0 Å². The highest BCUT2D eigenvalue weighted by molar-refractivity contribution is 5.95. The molecule has 1 amide bonds. The lowest BCUT2D eigenvalue weighted by molar-refractivity contribution is -0.169. The number of nitrogens with zero attached hydrogens (tertiary/aromatic N) is 3. The van der Waals surface area contributed by atoms with Gasteiger partial charge in [0.05, 0.1) is 12.1 Å². The number of carbonyl (C=O) groups excluding carboxylic acids is 1. The molecule has 0 bridgehead atoms. The van der Waals surface area contributed by atoms with E-state index in [4.69, 9.17) is 4.74 Å². The van der Waals surface area contributed by atoms with Crippen LogP contribution in [0.4, 0.5) is 13.2 Å². The van der Waals surface area contributed by atoms with E-state index in [1.165, 1.54) is 38.4 Å². The number of carbonyl (C=O) groups is 1. The summed E-state index contributed by atoms with van der Waals surface area (Å²) < 4.78 is 45.4. The Morgan fingerprint density at radius 3 is 2.65 bits per heavy atom. The van der Waals surface area contributed by atoms with E-state index in [2.05, 4.69) is 9.88 Å². The monoisotopic (exact) mass is 435 g/mol. The lowest BCUT2D eigenvalue weighted by Crippen LogP contribution is -2.44. The fourth-order valence-corrected chi connectivity index (χ4v) is 4.47. The molecular formula is C23H28F3N3O2. The number of hydrogen-bond donors (Lipinski definition) is 0. The van der Waals surface area contributed by atoms with Gasteiger partial charge in [-0.1, -0.05) is 12.5 Å². The molecule has 1 aromatic heterocycles. The number of piperidine rings is 1. The summed E-state index contributed by atoms with van der Waals surface area (Å²) in [6.45, 7) is 4.11. The first-order valence-corrected chi connectivity index (χ1v) is 11.1. The molecule has 168 valence electrons. The Kier molecular flexibility index (Phi) is 6.65. The van der Waals surface area contributed by atoms with E-state index < -0.39 is 18.1 Å². The average molecular weight is 435 g/mol. The van der Waals surface area contributed by atoms with E-state index in [0.717, 1.165) is 29.0 Å². The van der Waals surface area contributed by atoms with Gasteiger partial charge >= 0.3 is 6.18 Å². The third-order valence-electron chi connectivity index (χ3n) is 6.11. The van der Waals surface area contributed by atoms with Crippen LogP contribution in [0.5, 0.6) is 5.75 Å². The maximum Gasteiger partial charge on any atom is 0.408 e. The smallest absolute Gasteiger partial charge is 0.408 e. The summed E-state index contributed by atoms with van der Waals surface area (Å²) in [4.78, 5) is 20.3. The number of hydrogen-bond acceptors (Lipinski definition) is 4. The number of likely N-dealkylation sites (tertiary alicyclic amines) is 2. The molecule has 2 aliphatic heterocycles. The number of amides is 1. The van der Waals surface area contributed by atoms with Crippen molar-refractivity contribution in [3.8, 4) is 5.75 Å². The first-order chi connectivity index (χ1) is 14.9. The van der Waals surface area contributed by atoms with Gasteiger partial charge in [-0.3, -0.25) is 4.79 Å². The van der Waals surface area contributed by atoms with E-state index in [0.29, 0.717) is 18.5 Å². The molecule has 31 heavy (non-hydrogen) atoms. The Morgan fingerprint density at radius 2 is 1.87 bits per heavy atom. The summed E-state index contributed by atoms with van der Waals surface area (Å²) in [6, 6.07) is 6.88. The number of halogens is 3. The fourth-order valence-electron chi connectivity index (χ4n) is 4.47. The Hall–Kier alpha value is -2.35. The molecule has 2 aromatic rings. The molecule has 2 fully saturated rings. The number of aromatic nitrogens is 1. The topological polar surface area (TPSA) is 45.7 Å². The molecule has 0 saturated carbocycles. The molecule has 4 rings (SSSR count). The van der Waals surface area contributed by atoms with Crippen LogP contribution in [0.2, 0.25) is 0 Å². The maximum absolute atomic E-state index is 13.2. The van der Waals surface area contributed by atoms with Gasteiger partial charge in [-0.15, -0.1) is 0 Å². The van der Waals surface area contributed by atoms with Crippen molar-refractivity contribution in [1.29, 1.82) is 0 Å². The maximum atomic E-state index is 13.2. The van der Waals surface area contributed by atoms with Crippen LogP contribution in [0, 0.1) is 0 Å². The number of fused-ring (bicyclic) bond motifs is 1. The predicted octanol–water partition coefficient (Wildman–Crippen LogP) is 4.66. The van der Waals surface area contributed by atoms with Crippen molar-refractivity contribution in [1.82, 2.24) is 14.8 Å². The third kappa shape index (κ3) is 5.29. The summed E-state index contributed by atoms with van der Waals surface area (Å²) >= 11 is 0. The van der Waals surface area contributed by atoms with Crippen molar-refractivity contribution in [3.05, 3.63) is 36.0 Å². The zero-order valence-corrected chi connectivity index (χ0v) is 17.5. The van der Waals surface area contributed by atoms with E-state index in [1.807, 2.05) is 6.07 Å². The summed E-state index contributed by atoms with van der Waals surface area (Å²) in [5, 5.41) is 0.791. The van der Waals surface area contributed by atoms with E-state index in [-0.39, 0.29) is 18.7 Å². The quantitative estimate of drug-likeness (QED) is 0.620. The largest absolute Gasteiger partial charge is 0.494 e. The van der Waals surface area contributed by atoms with Gasteiger partial charge in [-0.2, -0.15) is 13.2 Å². The summed E-state index contributed by atoms with van der Waals surface area (Å²) in [5.41, 5.74) is 0.605. The molecule has 8 heteroatoms. The van der Waals surface area contributed by atoms with E-state index in [9.17, 15) is 18.0 Å². The first kappa shape index (κ1) is 21.9. The van der Waals surface area contributed by atoms with Crippen LogP contribution in [0.1, 0.15) is 49.0 Å². The Morgan fingerprint density at radius 1 is 1.06 bits per heavy atom. The van der Waals surface area contributed by atoms with Gasteiger partial charge < -0.3 is 14.5 Å². The number of alkyl halides is 3. The Balaban J connectivity index is 1.37. The second-order valence-electron chi connectivity index (χ2n) is 8.35. The zero-order chi connectivity index (χ0) is 21.8. The van der Waals surface area contributed by atoms with Crippen molar-refractivity contribution < 1.29 is 22.7 Å². The molecule has 1 unspecified atom stereocenters. The lowest BCUT2D eigenvalue weighted by atomic mass is 10.1. The number of rotatable bonds is 6. The second-order valence-corrected chi connectivity index (χ2v) is 8.35. The Bertz CT molecular complexity index is 913. The van der Waals surface area contributed by atoms with Crippen molar-refractivity contribution >= 4 is 16.8 Å². The minimum atomic E-state index is -4.41. The number of pyridine rings is 1. The standard InChI is InChI=1S/C23H28F3N3O2/c24-23(25,26)21-6-4-14-29(21)22(30)20-9-7-17-16-18(8-10-19(17)27-20)31-15-5-13-28-11-2-1-3-12-28/h7-10,16,21H,1-6,11-15H2. The molecule has 5 nitrogen and oxygen atoms in total. The second kappa shape index (κ2) is 9.42. The molecule has 0 radical (unpaired) electrons. The minimum Gasteiger partial charge on any atom is -0.494 e. The molecule has 2 saturated heterocycles. The summed E-state index contributed by atoms with van der Waals surface area (Å²) in [7, 11) is 0. The highest BCUT2D eigenvalue weighted by Crippen LogP contribution is 2.33.